The zero-order chi connectivity index (χ0) is 15.8. The first-order chi connectivity index (χ1) is 10.1. The van der Waals surface area contributed by atoms with E-state index < -0.39 is 0 Å². The van der Waals surface area contributed by atoms with Gasteiger partial charge >= 0.3 is 0 Å². The van der Waals surface area contributed by atoms with Crippen molar-refractivity contribution in [2.24, 2.45) is 5.92 Å². The van der Waals surface area contributed by atoms with Crippen LogP contribution in [0.5, 0.6) is 17.2 Å². The van der Waals surface area contributed by atoms with Crippen molar-refractivity contribution in [3.8, 4) is 17.2 Å². The van der Waals surface area contributed by atoms with Crippen molar-refractivity contribution in [3.63, 3.8) is 0 Å². The van der Waals surface area contributed by atoms with Crippen LogP contribution < -0.4 is 19.5 Å². The second-order valence-corrected chi connectivity index (χ2v) is 5.24. The number of benzene rings is 1. The van der Waals surface area contributed by atoms with Gasteiger partial charge in [0.1, 0.15) is 0 Å². The van der Waals surface area contributed by atoms with Crippen LogP contribution in [0, 0.1) is 5.92 Å². The third-order valence-corrected chi connectivity index (χ3v) is 3.59. The summed E-state index contributed by atoms with van der Waals surface area (Å²) < 4.78 is 16.1. The second kappa shape index (κ2) is 8.74. The van der Waals surface area contributed by atoms with Gasteiger partial charge in [-0.1, -0.05) is 19.9 Å². The summed E-state index contributed by atoms with van der Waals surface area (Å²) in [4.78, 5) is 0. The minimum atomic E-state index is 0.179. The van der Waals surface area contributed by atoms with Crippen molar-refractivity contribution in [2.75, 3.05) is 27.9 Å². The lowest BCUT2D eigenvalue weighted by atomic mass is 10.0. The molecule has 1 aromatic carbocycles. The summed E-state index contributed by atoms with van der Waals surface area (Å²) in [7, 11) is 4.82. The van der Waals surface area contributed by atoms with Crippen molar-refractivity contribution in [1.29, 1.82) is 0 Å². The smallest absolute Gasteiger partial charge is 0.203 e. The van der Waals surface area contributed by atoms with E-state index in [1.54, 1.807) is 21.3 Å². The maximum absolute atomic E-state index is 9.13. The van der Waals surface area contributed by atoms with Gasteiger partial charge in [0.15, 0.2) is 11.5 Å². The molecule has 0 amide bonds. The van der Waals surface area contributed by atoms with E-state index in [1.807, 2.05) is 12.1 Å². The molecule has 0 heterocycles. The van der Waals surface area contributed by atoms with Crippen LogP contribution in [-0.2, 0) is 6.54 Å². The molecule has 21 heavy (non-hydrogen) atoms. The molecule has 120 valence electrons. The molecule has 0 aliphatic rings. The Morgan fingerprint density at radius 2 is 1.71 bits per heavy atom. The van der Waals surface area contributed by atoms with E-state index in [9.17, 15) is 0 Å². The quantitative estimate of drug-likeness (QED) is 0.732. The maximum atomic E-state index is 9.13. The van der Waals surface area contributed by atoms with E-state index in [-0.39, 0.29) is 12.6 Å². The van der Waals surface area contributed by atoms with Crippen LogP contribution >= 0.6 is 0 Å². The zero-order valence-electron chi connectivity index (χ0n) is 13.6. The van der Waals surface area contributed by atoms with E-state index in [1.165, 1.54) is 0 Å². The van der Waals surface area contributed by atoms with Crippen molar-refractivity contribution in [3.05, 3.63) is 17.7 Å². The fourth-order valence-electron chi connectivity index (χ4n) is 2.35. The van der Waals surface area contributed by atoms with Crippen LogP contribution in [-0.4, -0.2) is 39.1 Å². The average Bonchev–Trinajstić information content (AvgIpc) is 2.49. The lowest BCUT2D eigenvalue weighted by molar-refractivity contribution is 0.243. The second-order valence-electron chi connectivity index (χ2n) is 5.24. The average molecular weight is 297 g/mol. The molecule has 0 aliphatic heterocycles. The number of hydrogen-bond donors (Lipinski definition) is 2. The van der Waals surface area contributed by atoms with Gasteiger partial charge in [-0.25, -0.2) is 0 Å². The normalized spacial score (nSPS) is 12.3. The molecule has 5 nitrogen and oxygen atoms in total. The first kappa shape index (κ1) is 17.6. The molecule has 0 aromatic heterocycles. The Morgan fingerprint density at radius 1 is 1.05 bits per heavy atom. The molecule has 1 rings (SSSR count). The minimum absolute atomic E-state index is 0.179. The summed E-state index contributed by atoms with van der Waals surface area (Å²) >= 11 is 0. The van der Waals surface area contributed by atoms with Crippen LogP contribution in [0.2, 0.25) is 0 Å². The Bertz CT molecular complexity index is 435. The Labute approximate surface area is 127 Å². The highest BCUT2D eigenvalue weighted by Gasteiger charge is 2.17. The van der Waals surface area contributed by atoms with Crippen LogP contribution in [0.4, 0.5) is 0 Å². The number of aliphatic hydroxyl groups excluding tert-OH is 1. The van der Waals surface area contributed by atoms with Gasteiger partial charge < -0.3 is 24.6 Å². The highest BCUT2D eigenvalue weighted by Crippen LogP contribution is 2.39. The van der Waals surface area contributed by atoms with Crippen molar-refractivity contribution >= 4 is 0 Å². The first-order valence-electron chi connectivity index (χ1n) is 7.21. The number of aliphatic hydroxyl groups is 1. The van der Waals surface area contributed by atoms with Crippen molar-refractivity contribution < 1.29 is 19.3 Å². The lowest BCUT2D eigenvalue weighted by Gasteiger charge is -2.23. The summed E-state index contributed by atoms with van der Waals surface area (Å²) in [6.07, 6.45) is 0.729. The van der Waals surface area contributed by atoms with Gasteiger partial charge in [0.2, 0.25) is 5.75 Å². The fraction of sp³-hybridized carbons (Fsp3) is 0.625. The largest absolute Gasteiger partial charge is 0.493 e. The molecule has 2 N–H and O–H groups in total. The Morgan fingerprint density at radius 3 is 2.19 bits per heavy atom. The molecule has 0 radical (unpaired) electrons. The fourth-order valence-corrected chi connectivity index (χ4v) is 2.35. The number of rotatable bonds is 9. The monoisotopic (exact) mass is 297 g/mol. The summed E-state index contributed by atoms with van der Waals surface area (Å²) in [5, 5.41) is 12.6. The van der Waals surface area contributed by atoms with Gasteiger partial charge in [-0.3, -0.25) is 0 Å². The molecule has 1 aromatic rings. The van der Waals surface area contributed by atoms with Crippen LogP contribution in [0.15, 0.2) is 12.1 Å². The standard InChI is InChI=1S/C16H27NO4/c1-11(2)13(8-9-18)17-10-12-6-7-14(19-3)16(21-5)15(12)20-4/h6-7,11,13,17-18H,8-10H2,1-5H3. The molecule has 5 heteroatoms. The van der Waals surface area contributed by atoms with E-state index in [4.69, 9.17) is 19.3 Å². The summed E-state index contributed by atoms with van der Waals surface area (Å²) in [5.74, 6) is 2.37. The van der Waals surface area contributed by atoms with Crippen molar-refractivity contribution in [1.82, 2.24) is 5.32 Å². The highest BCUT2D eigenvalue weighted by molar-refractivity contribution is 5.55. The van der Waals surface area contributed by atoms with Crippen LogP contribution in [0.25, 0.3) is 0 Å². The topological polar surface area (TPSA) is 60.0 Å². The molecule has 0 aliphatic carbocycles. The molecule has 0 fully saturated rings. The van der Waals surface area contributed by atoms with Crippen LogP contribution in [0.3, 0.4) is 0 Å². The van der Waals surface area contributed by atoms with Gasteiger partial charge in [0.05, 0.1) is 21.3 Å². The molecule has 0 saturated heterocycles. The minimum Gasteiger partial charge on any atom is -0.493 e. The molecule has 1 unspecified atom stereocenters. The predicted molar refractivity (Wildman–Crippen MR) is 83.3 cm³/mol. The number of hydrogen-bond acceptors (Lipinski definition) is 5. The molecular weight excluding hydrogens is 270 g/mol. The van der Waals surface area contributed by atoms with Gasteiger partial charge in [-0.2, -0.15) is 0 Å². The SMILES string of the molecule is COc1ccc(CNC(CCO)C(C)C)c(OC)c1OC. The Balaban J connectivity index is 2.92. The summed E-state index contributed by atoms with van der Waals surface area (Å²) in [6.45, 7) is 5.10. The molecule has 0 bridgehead atoms. The van der Waals surface area contributed by atoms with Crippen LogP contribution in [0.1, 0.15) is 25.8 Å². The molecule has 0 saturated carbocycles. The van der Waals surface area contributed by atoms with E-state index in [0.29, 0.717) is 29.7 Å². The van der Waals surface area contributed by atoms with E-state index in [2.05, 4.69) is 19.2 Å². The predicted octanol–water partition coefficient (Wildman–Crippen LogP) is 2.21. The lowest BCUT2D eigenvalue weighted by Crippen LogP contribution is -2.34. The van der Waals surface area contributed by atoms with Gasteiger partial charge in [0.25, 0.3) is 0 Å². The Kier molecular flexibility index (Phi) is 7.32. The van der Waals surface area contributed by atoms with Gasteiger partial charge in [-0.15, -0.1) is 0 Å². The van der Waals surface area contributed by atoms with E-state index in [0.717, 1.165) is 12.0 Å². The van der Waals surface area contributed by atoms with Crippen molar-refractivity contribution in [2.45, 2.75) is 32.9 Å². The number of methoxy groups -OCH3 is 3. The van der Waals surface area contributed by atoms with E-state index >= 15 is 0 Å². The third-order valence-electron chi connectivity index (χ3n) is 3.59. The van der Waals surface area contributed by atoms with Gasteiger partial charge in [-0.05, 0) is 18.4 Å². The molecule has 1 atom stereocenters. The molecular formula is C16H27NO4. The van der Waals surface area contributed by atoms with Gasteiger partial charge in [0, 0.05) is 24.8 Å². The summed E-state index contributed by atoms with van der Waals surface area (Å²) in [5.41, 5.74) is 0.999. The maximum Gasteiger partial charge on any atom is 0.203 e. The summed E-state index contributed by atoms with van der Waals surface area (Å²) in [6, 6.07) is 4.09. The highest BCUT2D eigenvalue weighted by atomic mass is 16.5. The zero-order valence-corrected chi connectivity index (χ0v) is 13.6. The number of nitrogens with one attached hydrogen (secondary N) is 1. The molecule has 0 spiro atoms. The number of ether oxygens (including phenoxy) is 3. The Hall–Kier alpha value is -1.46. The first-order valence-corrected chi connectivity index (χ1v) is 7.21. The third kappa shape index (κ3) is 4.51.